The zero-order valence-electron chi connectivity index (χ0n) is 16.5. The second-order valence-corrected chi connectivity index (χ2v) is 7.96. The highest BCUT2D eigenvalue weighted by molar-refractivity contribution is 5.89. The van der Waals surface area contributed by atoms with Crippen LogP contribution in [-0.4, -0.2) is 60.3 Å². The number of fused-ring (bicyclic) bond motifs is 1. The van der Waals surface area contributed by atoms with Gasteiger partial charge in [-0.1, -0.05) is 30.3 Å². The molecular formula is C22H26N4O3. The van der Waals surface area contributed by atoms with Crippen molar-refractivity contribution in [3.63, 3.8) is 0 Å². The molecular weight excluding hydrogens is 368 g/mol. The summed E-state index contributed by atoms with van der Waals surface area (Å²) in [5, 5.41) is 0. The Bertz CT molecular complexity index is 877. The van der Waals surface area contributed by atoms with Crippen LogP contribution in [0.15, 0.2) is 36.5 Å². The number of hydrogen-bond acceptors (Lipinski definition) is 6. The van der Waals surface area contributed by atoms with Crippen molar-refractivity contribution in [1.29, 1.82) is 0 Å². The van der Waals surface area contributed by atoms with E-state index in [1.807, 2.05) is 29.3 Å². The minimum atomic E-state index is -0.512. The lowest BCUT2D eigenvalue weighted by Gasteiger charge is -2.39. The van der Waals surface area contributed by atoms with Gasteiger partial charge in [0.25, 0.3) is 0 Å². The van der Waals surface area contributed by atoms with E-state index in [2.05, 4.69) is 22.0 Å². The molecule has 2 fully saturated rings. The fourth-order valence-electron chi connectivity index (χ4n) is 4.61. The molecule has 5 rings (SSSR count). The van der Waals surface area contributed by atoms with E-state index in [9.17, 15) is 4.79 Å². The summed E-state index contributed by atoms with van der Waals surface area (Å²) in [6.45, 7) is 5.36. The van der Waals surface area contributed by atoms with Crippen molar-refractivity contribution in [1.82, 2.24) is 14.9 Å². The summed E-state index contributed by atoms with van der Waals surface area (Å²) >= 11 is 0. The normalized spacial score (nSPS) is 21.1. The van der Waals surface area contributed by atoms with E-state index >= 15 is 0 Å². The van der Waals surface area contributed by atoms with Crippen molar-refractivity contribution in [2.75, 3.05) is 44.4 Å². The van der Waals surface area contributed by atoms with Gasteiger partial charge >= 0.3 is 0 Å². The Labute approximate surface area is 170 Å². The molecule has 29 heavy (non-hydrogen) atoms. The predicted octanol–water partition coefficient (Wildman–Crippen LogP) is 1.90. The Kier molecular flexibility index (Phi) is 4.93. The number of carbonyl (C=O) groups excluding carboxylic acids is 1. The van der Waals surface area contributed by atoms with Gasteiger partial charge in [0.1, 0.15) is 0 Å². The van der Waals surface area contributed by atoms with E-state index < -0.39 is 5.41 Å². The Balaban J connectivity index is 1.39. The SMILES string of the molecule is O=C(N1Cc2cnc(N3CCOCC3)nc2C1)C1(c2ccccc2)CCOCC1. The lowest BCUT2D eigenvalue weighted by atomic mass is 9.73. The number of carbonyl (C=O) groups is 1. The Hall–Kier alpha value is -2.51. The number of amides is 1. The number of benzene rings is 1. The van der Waals surface area contributed by atoms with Gasteiger partial charge in [0, 0.05) is 44.6 Å². The molecule has 0 bridgehead atoms. The van der Waals surface area contributed by atoms with Crippen molar-refractivity contribution in [2.45, 2.75) is 31.3 Å². The molecule has 2 saturated heterocycles. The number of rotatable bonds is 3. The molecule has 4 heterocycles. The standard InChI is InChI=1S/C22H26N4O3/c27-20(22(6-10-28-11-7-22)18-4-2-1-3-5-18)26-15-17-14-23-21(24-19(17)16-26)25-8-12-29-13-9-25/h1-5,14H,6-13,15-16H2. The van der Waals surface area contributed by atoms with E-state index in [-0.39, 0.29) is 5.91 Å². The molecule has 1 amide bonds. The first-order valence-corrected chi connectivity index (χ1v) is 10.4. The molecule has 2 aromatic rings. The maximum absolute atomic E-state index is 13.8. The summed E-state index contributed by atoms with van der Waals surface area (Å²) in [6, 6.07) is 10.2. The average Bonchev–Trinajstić information content (AvgIpc) is 3.23. The third kappa shape index (κ3) is 3.38. The molecule has 152 valence electrons. The second-order valence-electron chi connectivity index (χ2n) is 7.96. The van der Waals surface area contributed by atoms with Gasteiger partial charge in [-0.15, -0.1) is 0 Å². The molecule has 1 aromatic carbocycles. The maximum Gasteiger partial charge on any atom is 0.234 e. The van der Waals surface area contributed by atoms with Crippen LogP contribution in [0.1, 0.15) is 29.7 Å². The van der Waals surface area contributed by atoms with Crippen LogP contribution in [0.3, 0.4) is 0 Å². The zero-order chi connectivity index (χ0) is 19.7. The largest absolute Gasteiger partial charge is 0.381 e. The summed E-state index contributed by atoms with van der Waals surface area (Å²) in [4.78, 5) is 27.2. The first-order chi connectivity index (χ1) is 14.3. The van der Waals surface area contributed by atoms with Gasteiger partial charge in [-0.3, -0.25) is 4.79 Å². The quantitative estimate of drug-likeness (QED) is 0.792. The van der Waals surface area contributed by atoms with Crippen LogP contribution < -0.4 is 4.90 Å². The van der Waals surface area contributed by atoms with Crippen LogP contribution in [0.25, 0.3) is 0 Å². The molecule has 3 aliphatic heterocycles. The fraction of sp³-hybridized carbons (Fsp3) is 0.500. The Morgan fingerprint density at radius 3 is 2.45 bits per heavy atom. The Morgan fingerprint density at radius 2 is 1.69 bits per heavy atom. The van der Waals surface area contributed by atoms with Gasteiger partial charge in [0.05, 0.1) is 30.9 Å². The molecule has 0 N–H and O–H groups in total. The molecule has 1 aromatic heterocycles. The van der Waals surface area contributed by atoms with Crippen LogP contribution in [0.5, 0.6) is 0 Å². The number of aromatic nitrogens is 2. The third-order valence-electron chi connectivity index (χ3n) is 6.31. The van der Waals surface area contributed by atoms with Crippen LogP contribution in [0.4, 0.5) is 5.95 Å². The van der Waals surface area contributed by atoms with Crippen molar-refractivity contribution in [2.24, 2.45) is 0 Å². The summed E-state index contributed by atoms with van der Waals surface area (Å²) in [5.41, 5.74) is 2.59. The number of ether oxygens (including phenoxy) is 2. The highest BCUT2D eigenvalue weighted by Crippen LogP contribution is 2.38. The van der Waals surface area contributed by atoms with Gasteiger partial charge in [0.2, 0.25) is 11.9 Å². The highest BCUT2D eigenvalue weighted by Gasteiger charge is 2.45. The van der Waals surface area contributed by atoms with Crippen molar-refractivity contribution < 1.29 is 14.3 Å². The number of morpholine rings is 1. The lowest BCUT2D eigenvalue weighted by Crippen LogP contribution is -2.48. The molecule has 0 atom stereocenters. The molecule has 0 unspecified atom stereocenters. The van der Waals surface area contributed by atoms with E-state index in [0.29, 0.717) is 52.4 Å². The summed E-state index contributed by atoms with van der Waals surface area (Å²) in [6.07, 6.45) is 3.32. The summed E-state index contributed by atoms with van der Waals surface area (Å²) in [7, 11) is 0. The van der Waals surface area contributed by atoms with E-state index in [1.165, 1.54) is 0 Å². The van der Waals surface area contributed by atoms with Crippen LogP contribution >= 0.6 is 0 Å². The molecule has 7 heteroatoms. The van der Waals surface area contributed by atoms with Gasteiger partial charge in [-0.2, -0.15) is 0 Å². The number of anilines is 1. The summed E-state index contributed by atoms with van der Waals surface area (Å²) < 4.78 is 11.0. The van der Waals surface area contributed by atoms with Gasteiger partial charge in [0.15, 0.2) is 0 Å². The van der Waals surface area contributed by atoms with Crippen LogP contribution in [0.2, 0.25) is 0 Å². The topological polar surface area (TPSA) is 67.8 Å². The van der Waals surface area contributed by atoms with E-state index in [4.69, 9.17) is 14.5 Å². The van der Waals surface area contributed by atoms with Crippen molar-refractivity contribution in [3.05, 3.63) is 53.3 Å². The van der Waals surface area contributed by atoms with Crippen molar-refractivity contribution >= 4 is 11.9 Å². The second kappa shape index (κ2) is 7.72. The molecule has 0 spiro atoms. The monoisotopic (exact) mass is 394 g/mol. The lowest BCUT2D eigenvalue weighted by molar-refractivity contribution is -0.142. The fourth-order valence-corrected chi connectivity index (χ4v) is 4.61. The molecule has 0 saturated carbocycles. The van der Waals surface area contributed by atoms with E-state index in [0.717, 1.165) is 35.9 Å². The molecule has 3 aliphatic rings. The minimum Gasteiger partial charge on any atom is -0.381 e. The van der Waals surface area contributed by atoms with Crippen molar-refractivity contribution in [3.8, 4) is 0 Å². The third-order valence-corrected chi connectivity index (χ3v) is 6.31. The maximum atomic E-state index is 13.8. The molecule has 0 radical (unpaired) electrons. The minimum absolute atomic E-state index is 0.179. The van der Waals surface area contributed by atoms with Gasteiger partial charge < -0.3 is 19.3 Å². The smallest absolute Gasteiger partial charge is 0.234 e. The molecule has 0 aliphatic carbocycles. The number of hydrogen-bond donors (Lipinski definition) is 0. The zero-order valence-corrected chi connectivity index (χ0v) is 16.5. The van der Waals surface area contributed by atoms with Gasteiger partial charge in [-0.25, -0.2) is 9.97 Å². The van der Waals surface area contributed by atoms with E-state index in [1.54, 1.807) is 0 Å². The predicted molar refractivity (Wildman–Crippen MR) is 107 cm³/mol. The highest BCUT2D eigenvalue weighted by atomic mass is 16.5. The average molecular weight is 394 g/mol. The van der Waals surface area contributed by atoms with Crippen LogP contribution in [0, 0.1) is 0 Å². The van der Waals surface area contributed by atoms with Gasteiger partial charge in [-0.05, 0) is 18.4 Å². The Morgan fingerprint density at radius 1 is 0.966 bits per heavy atom. The number of nitrogens with zero attached hydrogens (tertiary/aromatic N) is 4. The molecule has 7 nitrogen and oxygen atoms in total. The first-order valence-electron chi connectivity index (χ1n) is 10.4. The first kappa shape index (κ1) is 18.5. The summed E-state index contributed by atoms with van der Waals surface area (Å²) in [5.74, 6) is 0.920. The van der Waals surface area contributed by atoms with Crippen LogP contribution in [-0.2, 0) is 32.8 Å².